The molecule has 5 nitrogen and oxygen atoms in total. The van der Waals surface area contributed by atoms with Gasteiger partial charge in [0.25, 0.3) is 0 Å². The zero-order chi connectivity index (χ0) is 11.4. The monoisotopic (exact) mass is 237 g/mol. The zero-order valence-corrected chi connectivity index (χ0v) is 10.2. The van der Waals surface area contributed by atoms with Gasteiger partial charge in [0, 0.05) is 42.9 Å². The number of nitrogens with zero attached hydrogens (tertiary/aromatic N) is 4. The third-order valence-corrected chi connectivity index (χ3v) is 2.88. The van der Waals surface area contributed by atoms with E-state index in [2.05, 4.69) is 33.5 Å². The molecule has 2 aromatic rings. The van der Waals surface area contributed by atoms with Crippen LogP contribution in [0.15, 0.2) is 18.7 Å². The average Bonchev–Trinajstić information content (AvgIpc) is 2.89. The molecule has 0 aliphatic rings. The molecule has 16 heavy (non-hydrogen) atoms. The fraction of sp³-hybridized carbons (Fsp3) is 0.500. The Morgan fingerprint density at radius 3 is 3.06 bits per heavy atom. The van der Waals surface area contributed by atoms with Crippen LogP contribution in [0.1, 0.15) is 19.7 Å². The first-order valence-corrected chi connectivity index (χ1v) is 6.10. The van der Waals surface area contributed by atoms with Gasteiger partial charge >= 0.3 is 0 Å². The van der Waals surface area contributed by atoms with E-state index in [-0.39, 0.29) is 0 Å². The van der Waals surface area contributed by atoms with Crippen molar-refractivity contribution in [3.05, 3.63) is 24.5 Å². The second kappa shape index (κ2) is 5.07. The fourth-order valence-corrected chi connectivity index (χ4v) is 2.19. The van der Waals surface area contributed by atoms with E-state index in [1.807, 2.05) is 17.1 Å². The minimum atomic E-state index is 0.312. The van der Waals surface area contributed by atoms with Gasteiger partial charge in [-0.1, -0.05) is 6.92 Å². The van der Waals surface area contributed by atoms with Crippen LogP contribution in [0, 0.1) is 0 Å². The minimum absolute atomic E-state index is 0.312. The van der Waals surface area contributed by atoms with Crippen LogP contribution in [0.2, 0.25) is 0 Å². The number of nitrogens with one attached hydrogen (secondary N) is 1. The number of anilines is 1. The molecular weight excluding hydrogens is 222 g/mol. The highest BCUT2D eigenvalue weighted by atomic mass is 32.1. The Kier molecular flexibility index (Phi) is 3.51. The van der Waals surface area contributed by atoms with E-state index in [4.69, 9.17) is 0 Å². The van der Waals surface area contributed by atoms with Crippen LogP contribution in [-0.4, -0.2) is 25.0 Å². The summed E-state index contributed by atoms with van der Waals surface area (Å²) < 4.78 is 6.27. The quantitative estimate of drug-likeness (QED) is 0.861. The maximum Gasteiger partial charge on any atom is 0.202 e. The lowest BCUT2D eigenvalue weighted by Gasteiger charge is -2.12. The zero-order valence-electron chi connectivity index (χ0n) is 9.42. The van der Waals surface area contributed by atoms with Gasteiger partial charge in [-0.25, -0.2) is 9.97 Å². The van der Waals surface area contributed by atoms with Crippen molar-refractivity contribution in [1.82, 2.24) is 18.9 Å². The van der Waals surface area contributed by atoms with E-state index >= 15 is 0 Å². The lowest BCUT2D eigenvalue weighted by molar-refractivity contribution is 0.618. The highest BCUT2D eigenvalue weighted by molar-refractivity contribution is 7.09. The summed E-state index contributed by atoms with van der Waals surface area (Å²) in [5.41, 5.74) is 0. The van der Waals surface area contributed by atoms with Crippen LogP contribution >= 0.6 is 11.5 Å². The summed E-state index contributed by atoms with van der Waals surface area (Å²) in [6.45, 7) is 5.05. The molecular formula is C10H15N5S. The number of aryl methyl sites for hydroxylation is 1. The van der Waals surface area contributed by atoms with E-state index in [0.717, 1.165) is 23.9 Å². The van der Waals surface area contributed by atoms with Gasteiger partial charge in [-0.05, 0) is 6.92 Å². The predicted molar refractivity (Wildman–Crippen MR) is 64.6 cm³/mol. The van der Waals surface area contributed by atoms with Gasteiger partial charge < -0.3 is 9.88 Å². The third-order valence-electron chi connectivity index (χ3n) is 2.20. The number of aromatic nitrogens is 4. The smallest absolute Gasteiger partial charge is 0.202 e. The highest BCUT2D eigenvalue weighted by Gasteiger charge is 2.06. The van der Waals surface area contributed by atoms with Gasteiger partial charge in [-0.3, -0.25) is 0 Å². The number of hydrogen-bond acceptors (Lipinski definition) is 5. The van der Waals surface area contributed by atoms with Crippen molar-refractivity contribution in [3.63, 3.8) is 0 Å². The topological polar surface area (TPSA) is 55.6 Å². The summed E-state index contributed by atoms with van der Waals surface area (Å²) in [6.07, 6.45) is 6.44. The Morgan fingerprint density at radius 2 is 2.44 bits per heavy atom. The SMILES string of the molecule is CCc1nsc(NC(C)Cn2ccnc2)n1. The van der Waals surface area contributed by atoms with Crippen LogP contribution in [0.5, 0.6) is 0 Å². The van der Waals surface area contributed by atoms with Crippen molar-refractivity contribution in [3.8, 4) is 0 Å². The van der Waals surface area contributed by atoms with Crippen molar-refractivity contribution < 1.29 is 0 Å². The summed E-state index contributed by atoms with van der Waals surface area (Å²) in [6, 6.07) is 0.312. The van der Waals surface area contributed by atoms with E-state index in [0.29, 0.717) is 6.04 Å². The van der Waals surface area contributed by atoms with Gasteiger partial charge in [0.2, 0.25) is 5.13 Å². The van der Waals surface area contributed by atoms with Crippen molar-refractivity contribution in [2.75, 3.05) is 5.32 Å². The van der Waals surface area contributed by atoms with Gasteiger partial charge in [-0.15, -0.1) is 0 Å². The molecule has 0 aliphatic carbocycles. The second-order valence-corrected chi connectivity index (χ2v) is 4.43. The first-order chi connectivity index (χ1) is 7.78. The van der Waals surface area contributed by atoms with Gasteiger partial charge in [0.1, 0.15) is 5.82 Å². The Bertz CT molecular complexity index is 422. The Morgan fingerprint density at radius 1 is 1.56 bits per heavy atom. The Hall–Kier alpha value is -1.43. The molecule has 0 aromatic carbocycles. The van der Waals surface area contributed by atoms with Crippen molar-refractivity contribution in [2.24, 2.45) is 0 Å². The molecule has 0 saturated heterocycles. The predicted octanol–water partition coefficient (Wildman–Crippen LogP) is 1.80. The van der Waals surface area contributed by atoms with E-state index in [1.54, 1.807) is 6.20 Å². The van der Waals surface area contributed by atoms with Crippen LogP contribution in [0.25, 0.3) is 0 Å². The molecule has 86 valence electrons. The normalized spacial score (nSPS) is 12.6. The molecule has 2 heterocycles. The Balaban J connectivity index is 1.89. The molecule has 1 N–H and O–H groups in total. The molecule has 2 aromatic heterocycles. The molecule has 2 rings (SSSR count). The lowest BCUT2D eigenvalue weighted by atomic mass is 10.3. The first-order valence-electron chi connectivity index (χ1n) is 5.32. The summed E-state index contributed by atoms with van der Waals surface area (Å²) in [5.74, 6) is 0.905. The van der Waals surface area contributed by atoms with E-state index in [1.165, 1.54) is 11.5 Å². The number of imidazole rings is 1. The fourth-order valence-electron chi connectivity index (χ4n) is 1.42. The highest BCUT2D eigenvalue weighted by Crippen LogP contribution is 2.12. The minimum Gasteiger partial charge on any atom is -0.356 e. The van der Waals surface area contributed by atoms with Gasteiger partial charge in [0.05, 0.1) is 6.33 Å². The molecule has 0 saturated carbocycles. The molecule has 1 unspecified atom stereocenters. The Labute approximate surface area is 98.7 Å². The van der Waals surface area contributed by atoms with E-state index < -0.39 is 0 Å². The maximum absolute atomic E-state index is 4.37. The van der Waals surface area contributed by atoms with Crippen molar-refractivity contribution in [2.45, 2.75) is 32.9 Å². The maximum atomic E-state index is 4.37. The summed E-state index contributed by atoms with van der Waals surface area (Å²) >= 11 is 1.42. The summed E-state index contributed by atoms with van der Waals surface area (Å²) in [7, 11) is 0. The molecule has 0 fully saturated rings. The number of hydrogen-bond donors (Lipinski definition) is 1. The van der Waals surface area contributed by atoms with Gasteiger partial charge in [0.15, 0.2) is 0 Å². The largest absolute Gasteiger partial charge is 0.356 e. The molecule has 0 spiro atoms. The molecule has 0 aliphatic heterocycles. The van der Waals surface area contributed by atoms with Crippen LogP contribution in [0.3, 0.4) is 0 Å². The van der Waals surface area contributed by atoms with Crippen LogP contribution < -0.4 is 5.32 Å². The lowest BCUT2D eigenvalue weighted by Crippen LogP contribution is -2.21. The molecule has 1 atom stereocenters. The standard InChI is InChI=1S/C10H15N5S/c1-3-9-13-10(16-14-9)12-8(2)6-15-5-4-11-7-15/h4-5,7-8H,3,6H2,1-2H3,(H,12,13,14). The number of rotatable bonds is 5. The van der Waals surface area contributed by atoms with Crippen molar-refractivity contribution in [1.29, 1.82) is 0 Å². The summed E-state index contributed by atoms with van der Waals surface area (Å²) in [4.78, 5) is 8.38. The molecule has 0 radical (unpaired) electrons. The molecule has 0 bridgehead atoms. The van der Waals surface area contributed by atoms with Gasteiger partial charge in [-0.2, -0.15) is 4.37 Å². The van der Waals surface area contributed by atoms with E-state index in [9.17, 15) is 0 Å². The van der Waals surface area contributed by atoms with Crippen LogP contribution in [-0.2, 0) is 13.0 Å². The molecule has 6 heteroatoms. The summed E-state index contributed by atoms with van der Waals surface area (Å²) in [5, 5.41) is 4.22. The molecule has 0 amide bonds. The first kappa shape index (κ1) is 11.1. The van der Waals surface area contributed by atoms with Crippen molar-refractivity contribution >= 4 is 16.7 Å². The average molecular weight is 237 g/mol. The second-order valence-electron chi connectivity index (χ2n) is 3.67. The van der Waals surface area contributed by atoms with Crippen LogP contribution in [0.4, 0.5) is 5.13 Å². The third kappa shape index (κ3) is 2.79.